The summed E-state index contributed by atoms with van der Waals surface area (Å²) in [4.78, 5) is 23.9. The van der Waals surface area contributed by atoms with Crippen LogP contribution < -0.4 is 10.6 Å². The van der Waals surface area contributed by atoms with Gasteiger partial charge in [-0.1, -0.05) is 25.0 Å². The molecule has 1 atom stereocenters. The summed E-state index contributed by atoms with van der Waals surface area (Å²) < 4.78 is 0. The van der Waals surface area contributed by atoms with Crippen molar-refractivity contribution in [3.63, 3.8) is 0 Å². The number of hydrogen-bond donors (Lipinski definition) is 3. The van der Waals surface area contributed by atoms with Crippen molar-refractivity contribution < 1.29 is 14.7 Å². The predicted octanol–water partition coefficient (Wildman–Crippen LogP) is 2.91. The molecule has 24 heavy (non-hydrogen) atoms. The van der Waals surface area contributed by atoms with E-state index in [4.69, 9.17) is 0 Å². The predicted molar refractivity (Wildman–Crippen MR) is 92.4 cm³/mol. The number of nitrogens with one attached hydrogen (secondary N) is 2. The molecule has 0 spiro atoms. The van der Waals surface area contributed by atoms with Gasteiger partial charge in [-0.3, -0.25) is 9.59 Å². The van der Waals surface area contributed by atoms with Gasteiger partial charge in [0.1, 0.15) is 0 Å². The minimum absolute atomic E-state index is 0.0916. The molecule has 2 amide bonds. The van der Waals surface area contributed by atoms with Crippen LogP contribution in [0.15, 0.2) is 24.3 Å². The Morgan fingerprint density at radius 3 is 2.42 bits per heavy atom. The van der Waals surface area contributed by atoms with Crippen molar-refractivity contribution in [3.05, 3.63) is 29.8 Å². The van der Waals surface area contributed by atoms with Gasteiger partial charge in [-0.2, -0.15) is 0 Å². The highest BCUT2D eigenvalue weighted by molar-refractivity contribution is 5.94. The fourth-order valence-corrected chi connectivity index (χ4v) is 3.33. The molecule has 1 unspecified atom stereocenters. The second-order valence-electron chi connectivity index (χ2n) is 7.28. The summed E-state index contributed by atoms with van der Waals surface area (Å²) >= 11 is 0. The van der Waals surface area contributed by atoms with Gasteiger partial charge in [0.05, 0.1) is 18.1 Å². The van der Waals surface area contributed by atoms with Gasteiger partial charge in [0.25, 0.3) is 0 Å². The van der Waals surface area contributed by atoms with Gasteiger partial charge in [0, 0.05) is 11.6 Å². The Morgan fingerprint density at radius 2 is 1.83 bits per heavy atom. The lowest BCUT2D eigenvalue weighted by Crippen LogP contribution is -2.35. The quantitative estimate of drug-likeness (QED) is 0.750. The van der Waals surface area contributed by atoms with E-state index in [1.807, 2.05) is 31.2 Å². The summed E-state index contributed by atoms with van der Waals surface area (Å²) in [5, 5.41) is 16.2. The van der Waals surface area contributed by atoms with Crippen molar-refractivity contribution in [3.8, 4) is 0 Å². The molecule has 0 radical (unpaired) electrons. The fourth-order valence-electron chi connectivity index (χ4n) is 3.33. The van der Waals surface area contributed by atoms with Gasteiger partial charge in [-0.25, -0.2) is 0 Å². The van der Waals surface area contributed by atoms with Crippen molar-refractivity contribution in [1.29, 1.82) is 0 Å². The van der Waals surface area contributed by atoms with Crippen LogP contribution in [0.1, 0.15) is 63.5 Å². The maximum atomic E-state index is 12.2. The normalized spacial score (nSPS) is 20.4. The number of hydrogen-bond acceptors (Lipinski definition) is 3. The van der Waals surface area contributed by atoms with Gasteiger partial charge >= 0.3 is 0 Å². The molecule has 2 aliphatic carbocycles. The molecule has 5 heteroatoms. The Balaban J connectivity index is 1.51. The van der Waals surface area contributed by atoms with Crippen LogP contribution in [0.3, 0.4) is 0 Å². The third-order valence-electron chi connectivity index (χ3n) is 5.03. The number of rotatable bonds is 6. The molecule has 5 nitrogen and oxygen atoms in total. The molecule has 0 aromatic heterocycles. The zero-order valence-electron chi connectivity index (χ0n) is 14.2. The van der Waals surface area contributed by atoms with E-state index in [-0.39, 0.29) is 30.2 Å². The van der Waals surface area contributed by atoms with Gasteiger partial charge in [-0.15, -0.1) is 0 Å². The Hall–Kier alpha value is -1.88. The molecule has 2 saturated carbocycles. The molecule has 0 aliphatic heterocycles. The van der Waals surface area contributed by atoms with Crippen molar-refractivity contribution >= 4 is 17.5 Å². The van der Waals surface area contributed by atoms with Crippen LogP contribution in [-0.2, 0) is 9.59 Å². The van der Waals surface area contributed by atoms with E-state index in [0.29, 0.717) is 12.8 Å². The molecule has 130 valence electrons. The van der Waals surface area contributed by atoms with Crippen LogP contribution in [0.5, 0.6) is 0 Å². The SMILES string of the molecule is CC(NC(=O)CC1(O)CCCC1)c1ccc(NC(=O)C2CC2)cc1. The Labute approximate surface area is 142 Å². The minimum atomic E-state index is -0.819. The van der Waals surface area contributed by atoms with E-state index in [9.17, 15) is 14.7 Å². The monoisotopic (exact) mass is 330 g/mol. The molecular formula is C19H26N2O3. The van der Waals surface area contributed by atoms with Crippen molar-refractivity contribution in [2.24, 2.45) is 5.92 Å². The van der Waals surface area contributed by atoms with Gasteiger partial charge < -0.3 is 15.7 Å². The highest BCUT2D eigenvalue weighted by Gasteiger charge is 2.33. The van der Waals surface area contributed by atoms with E-state index in [1.54, 1.807) is 0 Å². The maximum Gasteiger partial charge on any atom is 0.227 e. The number of amides is 2. The fraction of sp³-hybridized carbons (Fsp3) is 0.579. The average Bonchev–Trinajstić information content (AvgIpc) is 3.30. The standard InChI is InChI=1S/C19H26N2O3/c1-13(20-17(22)12-19(24)10-2-3-11-19)14-6-8-16(9-7-14)21-18(23)15-4-5-15/h6-9,13,15,24H,2-5,10-12H2,1H3,(H,20,22)(H,21,23). The minimum Gasteiger partial charge on any atom is -0.389 e. The summed E-state index contributed by atoms with van der Waals surface area (Å²) in [6.07, 6.45) is 5.56. The van der Waals surface area contributed by atoms with Crippen LogP contribution >= 0.6 is 0 Å². The third-order valence-corrected chi connectivity index (χ3v) is 5.03. The van der Waals surface area contributed by atoms with Crippen LogP contribution in [0.4, 0.5) is 5.69 Å². The maximum absolute atomic E-state index is 12.2. The van der Waals surface area contributed by atoms with E-state index >= 15 is 0 Å². The number of carbonyl (C=O) groups is 2. The average molecular weight is 330 g/mol. The molecule has 1 aromatic rings. The van der Waals surface area contributed by atoms with E-state index in [2.05, 4.69) is 10.6 Å². The summed E-state index contributed by atoms with van der Waals surface area (Å²) in [5.41, 5.74) is 0.946. The number of aliphatic hydroxyl groups is 1. The Morgan fingerprint density at radius 1 is 1.21 bits per heavy atom. The molecular weight excluding hydrogens is 304 g/mol. The van der Waals surface area contributed by atoms with Crippen LogP contribution in [0.2, 0.25) is 0 Å². The molecule has 0 saturated heterocycles. The smallest absolute Gasteiger partial charge is 0.227 e. The van der Waals surface area contributed by atoms with E-state index < -0.39 is 5.60 Å². The van der Waals surface area contributed by atoms with Gasteiger partial charge in [0.2, 0.25) is 11.8 Å². The van der Waals surface area contributed by atoms with E-state index in [1.165, 1.54) is 0 Å². The Bertz CT molecular complexity index is 602. The molecule has 2 aliphatic rings. The summed E-state index contributed by atoms with van der Waals surface area (Å²) in [6, 6.07) is 7.43. The van der Waals surface area contributed by atoms with Crippen molar-refractivity contribution in [2.45, 2.75) is 63.5 Å². The zero-order chi connectivity index (χ0) is 17.2. The highest BCUT2D eigenvalue weighted by Crippen LogP contribution is 2.32. The van der Waals surface area contributed by atoms with Crippen LogP contribution in [0, 0.1) is 5.92 Å². The summed E-state index contributed by atoms with van der Waals surface area (Å²) in [7, 11) is 0. The third kappa shape index (κ3) is 4.35. The van der Waals surface area contributed by atoms with Gasteiger partial charge in [-0.05, 0) is 50.3 Å². The molecule has 3 rings (SSSR count). The highest BCUT2D eigenvalue weighted by atomic mass is 16.3. The first-order chi connectivity index (χ1) is 11.5. The van der Waals surface area contributed by atoms with Crippen molar-refractivity contribution in [1.82, 2.24) is 5.32 Å². The first kappa shape index (κ1) is 17.0. The largest absolute Gasteiger partial charge is 0.389 e. The van der Waals surface area contributed by atoms with Crippen LogP contribution in [0.25, 0.3) is 0 Å². The topological polar surface area (TPSA) is 78.4 Å². The first-order valence-electron chi connectivity index (χ1n) is 8.88. The molecule has 0 bridgehead atoms. The lowest BCUT2D eigenvalue weighted by atomic mass is 9.97. The van der Waals surface area contributed by atoms with Crippen molar-refractivity contribution in [2.75, 3.05) is 5.32 Å². The summed E-state index contributed by atoms with van der Waals surface area (Å²) in [5.74, 6) is 0.163. The number of anilines is 1. The van der Waals surface area contributed by atoms with Crippen LogP contribution in [-0.4, -0.2) is 22.5 Å². The molecule has 2 fully saturated rings. The Kier molecular flexibility index (Phi) is 4.90. The summed E-state index contributed by atoms with van der Waals surface area (Å²) in [6.45, 7) is 1.92. The van der Waals surface area contributed by atoms with E-state index in [0.717, 1.165) is 36.9 Å². The van der Waals surface area contributed by atoms with Gasteiger partial charge in [0.15, 0.2) is 0 Å². The number of carbonyl (C=O) groups excluding carboxylic acids is 2. The molecule has 3 N–H and O–H groups in total. The zero-order valence-corrected chi connectivity index (χ0v) is 14.2. The lowest BCUT2D eigenvalue weighted by molar-refractivity contribution is -0.126. The second-order valence-corrected chi connectivity index (χ2v) is 7.28. The number of benzene rings is 1. The lowest BCUT2D eigenvalue weighted by Gasteiger charge is -2.23. The second kappa shape index (κ2) is 6.93. The molecule has 0 heterocycles. The first-order valence-corrected chi connectivity index (χ1v) is 8.88. The molecule has 1 aromatic carbocycles.